The van der Waals surface area contributed by atoms with Crippen LogP contribution in [0, 0.1) is 17.2 Å². The van der Waals surface area contributed by atoms with Gasteiger partial charge in [-0.25, -0.2) is 4.98 Å². The molecule has 3 atom stereocenters. The number of ether oxygens (including phenoxy) is 1. The lowest BCUT2D eigenvalue weighted by Crippen LogP contribution is -2.31. The molecule has 26 heavy (non-hydrogen) atoms. The van der Waals surface area contributed by atoms with Crippen LogP contribution in [-0.4, -0.2) is 42.5 Å². The Balaban J connectivity index is 1.92. The number of nitriles is 1. The van der Waals surface area contributed by atoms with Crippen LogP contribution in [0.5, 0.6) is 0 Å². The first-order valence-electron chi connectivity index (χ1n) is 8.67. The zero-order chi connectivity index (χ0) is 18.8. The van der Waals surface area contributed by atoms with Gasteiger partial charge in [0.05, 0.1) is 24.4 Å². The number of hydrogen-bond donors (Lipinski definition) is 1. The maximum atomic E-state index is 8.94. The third-order valence-corrected chi connectivity index (χ3v) is 5.36. The third kappa shape index (κ3) is 3.39. The Kier molecular flexibility index (Phi) is 5.44. The van der Waals surface area contributed by atoms with Crippen molar-refractivity contribution in [3.8, 4) is 6.07 Å². The average molecular weight is 375 g/mol. The molecule has 0 saturated heterocycles. The van der Waals surface area contributed by atoms with Crippen LogP contribution in [0.15, 0.2) is 16.3 Å². The third-order valence-electron chi connectivity index (χ3n) is 5.07. The van der Waals surface area contributed by atoms with E-state index < -0.39 is 0 Å². The molecule has 7 nitrogen and oxygen atoms in total. The molecule has 138 valence electrons. The van der Waals surface area contributed by atoms with Gasteiger partial charge in [0, 0.05) is 43.7 Å². The van der Waals surface area contributed by atoms with Crippen LogP contribution in [0.4, 0.5) is 11.8 Å². The molecule has 3 heterocycles. The van der Waals surface area contributed by atoms with Crippen molar-refractivity contribution in [2.45, 2.75) is 38.7 Å². The van der Waals surface area contributed by atoms with E-state index in [-0.39, 0.29) is 23.9 Å². The molecule has 2 N–H and O–H groups in total. The highest BCUT2D eigenvalue weighted by atomic mass is 35.5. The largest absolute Gasteiger partial charge is 0.376 e. The van der Waals surface area contributed by atoms with Crippen LogP contribution in [0.1, 0.15) is 38.2 Å². The van der Waals surface area contributed by atoms with Gasteiger partial charge in [-0.2, -0.15) is 10.2 Å². The summed E-state index contributed by atoms with van der Waals surface area (Å²) in [6.45, 7) is 5.46. The quantitative estimate of drug-likeness (QED) is 0.795. The van der Waals surface area contributed by atoms with E-state index in [1.807, 2.05) is 6.21 Å². The molecule has 3 rings (SSSR count). The summed E-state index contributed by atoms with van der Waals surface area (Å²) in [4.78, 5) is 15.3. The maximum absolute atomic E-state index is 8.94. The van der Waals surface area contributed by atoms with Gasteiger partial charge in [-0.1, -0.05) is 18.5 Å². The van der Waals surface area contributed by atoms with Crippen LogP contribution in [0.25, 0.3) is 0 Å². The van der Waals surface area contributed by atoms with Crippen molar-refractivity contribution < 1.29 is 4.74 Å². The predicted molar refractivity (Wildman–Crippen MR) is 102 cm³/mol. The molecule has 3 unspecified atom stereocenters. The van der Waals surface area contributed by atoms with Crippen molar-refractivity contribution in [2.24, 2.45) is 10.9 Å². The maximum Gasteiger partial charge on any atom is 0.223 e. The predicted octanol–water partition coefficient (Wildman–Crippen LogP) is 2.93. The Morgan fingerprint density at radius 3 is 2.92 bits per heavy atom. The zero-order valence-electron chi connectivity index (χ0n) is 15.2. The van der Waals surface area contributed by atoms with Crippen LogP contribution in [0.2, 0.25) is 5.15 Å². The van der Waals surface area contributed by atoms with Gasteiger partial charge in [0.25, 0.3) is 0 Å². The average Bonchev–Trinajstić information content (AvgIpc) is 2.93. The van der Waals surface area contributed by atoms with E-state index >= 15 is 0 Å². The standard InChI is InChI=1S/C18H23ClN6O/c1-10-7-22-13(11(2)15(10)26-3)9-25-8-12(5-4-6-20)14-16(19)23-18(21)24-17(14)25/h7,10,12,15H,4-5,8-9H2,1-3H3,(H2,21,23,24). The summed E-state index contributed by atoms with van der Waals surface area (Å²) in [5.41, 5.74) is 8.79. The Morgan fingerprint density at radius 1 is 1.46 bits per heavy atom. The number of methoxy groups -OCH3 is 1. The lowest BCUT2D eigenvalue weighted by Gasteiger charge is -2.28. The van der Waals surface area contributed by atoms with Crippen molar-refractivity contribution in [1.29, 1.82) is 5.26 Å². The lowest BCUT2D eigenvalue weighted by atomic mass is 9.95. The number of nitrogens with zero attached hydrogens (tertiary/aromatic N) is 5. The summed E-state index contributed by atoms with van der Waals surface area (Å²) in [5.74, 6) is 1.25. The van der Waals surface area contributed by atoms with Gasteiger partial charge in [-0.05, 0) is 18.9 Å². The topological polar surface area (TPSA) is 100 Å². The fourth-order valence-corrected chi connectivity index (χ4v) is 4.11. The molecule has 0 bridgehead atoms. The fourth-order valence-electron chi connectivity index (χ4n) is 3.78. The van der Waals surface area contributed by atoms with Gasteiger partial charge in [-0.15, -0.1) is 0 Å². The number of rotatable bonds is 5. The number of halogens is 1. The number of anilines is 2. The second-order valence-electron chi connectivity index (χ2n) is 6.81. The van der Waals surface area contributed by atoms with Crippen LogP contribution in [0.3, 0.4) is 0 Å². The number of fused-ring (bicyclic) bond motifs is 1. The van der Waals surface area contributed by atoms with Gasteiger partial charge in [0.2, 0.25) is 5.95 Å². The van der Waals surface area contributed by atoms with E-state index in [1.54, 1.807) is 7.11 Å². The highest BCUT2D eigenvalue weighted by Crippen LogP contribution is 2.42. The first-order chi connectivity index (χ1) is 12.5. The summed E-state index contributed by atoms with van der Waals surface area (Å²) in [5, 5.41) is 9.32. The van der Waals surface area contributed by atoms with Crippen molar-refractivity contribution in [3.63, 3.8) is 0 Å². The van der Waals surface area contributed by atoms with Crippen molar-refractivity contribution in [1.82, 2.24) is 9.97 Å². The molecule has 0 aliphatic carbocycles. The molecule has 2 aliphatic heterocycles. The fraction of sp³-hybridized carbons (Fsp3) is 0.556. The summed E-state index contributed by atoms with van der Waals surface area (Å²) >= 11 is 6.35. The van der Waals surface area contributed by atoms with Gasteiger partial charge in [0.1, 0.15) is 11.0 Å². The number of hydrogen-bond acceptors (Lipinski definition) is 7. The van der Waals surface area contributed by atoms with E-state index in [0.717, 1.165) is 22.7 Å². The molecule has 0 aromatic carbocycles. The number of aliphatic imine (C=N–C) groups is 1. The molecular formula is C18H23ClN6O. The highest BCUT2D eigenvalue weighted by molar-refractivity contribution is 6.30. The molecule has 0 spiro atoms. The normalized spacial score (nSPS) is 24.7. The number of nitrogens with two attached hydrogens (primary N) is 1. The minimum atomic E-state index is 0.0259. The summed E-state index contributed by atoms with van der Waals surface area (Å²) in [7, 11) is 1.72. The Labute approximate surface area is 158 Å². The van der Waals surface area contributed by atoms with Crippen LogP contribution >= 0.6 is 11.6 Å². The van der Waals surface area contributed by atoms with Crippen molar-refractivity contribution >= 4 is 29.6 Å². The van der Waals surface area contributed by atoms with E-state index in [0.29, 0.717) is 31.1 Å². The number of nitrogen functional groups attached to an aromatic ring is 1. The molecule has 8 heteroatoms. The summed E-state index contributed by atoms with van der Waals surface area (Å²) in [6.07, 6.45) is 3.13. The van der Waals surface area contributed by atoms with E-state index in [1.165, 1.54) is 0 Å². The van der Waals surface area contributed by atoms with Crippen LogP contribution < -0.4 is 10.6 Å². The lowest BCUT2D eigenvalue weighted by molar-refractivity contribution is 0.108. The van der Waals surface area contributed by atoms with Crippen molar-refractivity contribution in [3.05, 3.63) is 22.0 Å². The Morgan fingerprint density at radius 2 is 2.23 bits per heavy atom. The molecule has 1 aromatic heterocycles. The minimum Gasteiger partial charge on any atom is -0.376 e. The smallest absolute Gasteiger partial charge is 0.223 e. The van der Waals surface area contributed by atoms with E-state index in [2.05, 4.69) is 39.8 Å². The number of aromatic nitrogens is 2. The minimum absolute atomic E-state index is 0.0259. The first-order valence-corrected chi connectivity index (χ1v) is 9.05. The van der Waals surface area contributed by atoms with Gasteiger partial charge < -0.3 is 15.4 Å². The van der Waals surface area contributed by atoms with Gasteiger partial charge in [0.15, 0.2) is 0 Å². The molecule has 0 saturated carbocycles. The highest BCUT2D eigenvalue weighted by Gasteiger charge is 2.34. The van der Waals surface area contributed by atoms with E-state index in [4.69, 9.17) is 27.3 Å². The van der Waals surface area contributed by atoms with Crippen molar-refractivity contribution in [2.75, 3.05) is 30.8 Å². The van der Waals surface area contributed by atoms with E-state index in [9.17, 15) is 0 Å². The zero-order valence-corrected chi connectivity index (χ0v) is 16.0. The summed E-state index contributed by atoms with van der Waals surface area (Å²) < 4.78 is 5.62. The second kappa shape index (κ2) is 7.60. The molecular weight excluding hydrogens is 352 g/mol. The molecule has 1 aromatic rings. The first kappa shape index (κ1) is 18.6. The molecule has 0 radical (unpaired) electrons. The van der Waals surface area contributed by atoms with Crippen LogP contribution in [-0.2, 0) is 4.74 Å². The summed E-state index contributed by atoms with van der Waals surface area (Å²) in [6, 6.07) is 2.20. The molecule has 2 aliphatic rings. The van der Waals surface area contributed by atoms with Gasteiger partial charge >= 0.3 is 0 Å². The second-order valence-corrected chi connectivity index (χ2v) is 7.17. The molecule has 0 fully saturated rings. The SMILES string of the molecule is COC1C(C)=C(CN2CC(CCC#N)c3c(Cl)nc(N)nc32)N=CC1C. The Hall–Kier alpha value is -2.17. The molecule has 0 amide bonds. The Bertz CT molecular complexity index is 800. The monoisotopic (exact) mass is 374 g/mol. The van der Waals surface area contributed by atoms with Gasteiger partial charge in [-0.3, -0.25) is 4.99 Å².